The van der Waals surface area contributed by atoms with Crippen LogP contribution < -0.4 is 5.32 Å². The van der Waals surface area contributed by atoms with E-state index in [9.17, 15) is 0 Å². The second kappa shape index (κ2) is 9.79. The van der Waals surface area contributed by atoms with Crippen LogP contribution in [-0.2, 0) is 13.1 Å². The van der Waals surface area contributed by atoms with Crippen LogP contribution in [0.25, 0.3) is 0 Å². The molecule has 0 bridgehead atoms. The number of nitrogens with one attached hydrogen (secondary N) is 1. The second-order valence-electron chi connectivity index (χ2n) is 7.34. The Hall–Kier alpha value is -2.12. The van der Waals surface area contributed by atoms with E-state index < -0.39 is 0 Å². The van der Waals surface area contributed by atoms with Crippen LogP contribution in [-0.4, -0.2) is 50.9 Å². The van der Waals surface area contributed by atoms with Gasteiger partial charge in [0.25, 0.3) is 0 Å². The van der Waals surface area contributed by atoms with Gasteiger partial charge >= 0.3 is 0 Å². The molecule has 0 atom stereocenters. The maximum absolute atomic E-state index is 6.31. The van der Waals surface area contributed by atoms with E-state index in [0.717, 1.165) is 60.7 Å². The number of rotatable bonds is 5. The SMILES string of the molecule is S=C(Nc1cnn(Cc2ccccc2)c1)N1CCN(Cc2ccc(Cl)cc2Cl)CC1. The summed E-state index contributed by atoms with van der Waals surface area (Å²) in [5, 5.41) is 9.86. The first-order valence-electron chi connectivity index (χ1n) is 9.85. The van der Waals surface area contributed by atoms with Gasteiger partial charge in [-0.05, 0) is 35.5 Å². The maximum Gasteiger partial charge on any atom is 0.173 e. The van der Waals surface area contributed by atoms with Crippen LogP contribution in [0.2, 0.25) is 10.0 Å². The molecule has 1 N–H and O–H groups in total. The molecule has 0 radical (unpaired) electrons. The number of hydrogen-bond donors (Lipinski definition) is 1. The van der Waals surface area contributed by atoms with Crippen LogP contribution in [0.1, 0.15) is 11.1 Å². The highest BCUT2D eigenvalue weighted by atomic mass is 35.5. The molecule has 4 rings (SSSR count). The highest BCUT2D eigenvalue weighted by Gasteiger charge is 2.20. The fourth-order valence-electron chi connectivity index (χ4n) is 3.49. The number of piperazine rings is 1. The number of halogens is 2. The smallest absolute Gasteiger partial charge is 0.173 e. The number of hydrogen-bond acceptors (Lipinski definition) is 3. The Labute approximate surface area is 192 Å². The molecule has 1 aliphatic heterocycles. The fraction of sp³-hybridized carbons (Fsp3) is 0.273. The minimum atomic E-state index is 0.664. The van der Waals surface area contributed by atoms with Gasteiger partial charge in [-0.2, -0.15) is 5.10 Å². The molecule has 30 heavy (non-hydrogen) atoms. The van der Waals surface area contributed by atoms with Gasteiger partial charge in [-0.15, -0.1) is 0 Å². The molecular formula is C22H23Cl2N5S. The molecule has 0 aliphatic carbocycles. The standard InChI is InChI=1S/C22H23Cl2N5S/c23-19-7-6-18(21(24)12-19)15-27-8-10-28(11-9-27)22(30)26-20-13-25-29(16-20)14-17-4-2-1-3-5-17/h1-7,12-13,16H,8-11,14-15H2,(H,26,30). The quantitative estimate of drug-likeness (QED) is 0.556. The molecule has 1 aromatic heterocycles. The lowest BCUT2D eigenvalue weighted by Crippen LogP contribution is -2.49. The molecule has 1 aliphatic rings. The lowest BCUT2D eigenvalue weighted by Gasteiger charge is -2.36. The molecule has 1 fully saturated rings. The van der Waals surface area contributed by atoms with Gasteiger partial charge in [-0.1, -0.05) is 59.6 Å². The fourth-order valence-corrected chi connectivity index (χ4v) is 4.26. The van der Waals surface area contributed by atoms with Crippen LogP contribution in [0.15, 0.2) is 60.9 Å². The molecule has 0 spiro atoms. The number of aromatic nitrogens is 2. The van der Waals surface area contributed by atoms with E-state index in [0.29, 0.717) is 5.02 Å². The van der Waals surface area contributed by atoms with Gasteiger partial charge in [0.15, 0.2) is 5.11 Å². The van der Waals surface area contributed by atoms with Gasteiger partial charge in [0.05, 0.1) is 18.4 Å². The summed E-state index contributed by atoms with van der Waals surface area (Å²) in [5.41, 5.74) is 3.22. The maximum atomic E-state index is 6.31. The van der Waals surface area contributed by atoms with Gasteiger partial charge in [-0.25, -0.2) is 0 Å². The summed E-state index contributed by atoms with van der Waals surface area (Å²) in [6.07, 6.45) is 3.80. The van der Waals surface area contributed by atoms with E-state index in [1.54, 1.807) is 6.07 Å². The van der Waals surface area contributed by atoms with Crippen LogP contribution in [0, 0.1) is 0 Å². The van der Waals surface area contributed by atoms with E-state index in [1.807, 2.05) is 47.4 Å². The van der Waals surface area contributed by atoms with Crippen molar-refractivity contribution in [3.63, 3.8) is 0 Å². The first kappa shape index (κ1) is 21.1. The predicted molar refractivity (Wildman–Crippen MR) is 127 cm³/mol. The second-order valence-corrected chi connectivity index (χ2v) is 8.57. The highest BCUT2D eigenvalue weighted by Crippen LogP contribution is 2.23. The van der Waals surface area contributed by atoms with Crippen molar-refractivity contribution in [1.29, 1.82) is 0 Å². The predicted octanol–water partition coefficient (Wildman–Crippen LogP) is 4.75. The molecule has 8 heteroatoms. The van der Waals surface area contributed by atoms with E-state index in [-0.39, 0.29) is 0 Å². The van der Waals surface area contributed by atoms with Crippen molar-refractivity contribution in [1.82, 2.24) is 19.6 Å². The molecule has 0 amide bonds. The molecule has 2 heterocycles. The van der Waals surface area contributed by atoms with Crippen molar-refractivity contribution in [2.45, 2.75) is 13.1 Å². The zero-order valence-corrected chi connectivity index (χ0v) is 18.8. The third kappa shape index (κ3) is 5.52. The molecule has 5 nitrogen and oxygen atoms in total. The molecule has 156 valence electrons. The lowest BCUT2D eigenvalue weighted by atomic mass is 10.2. The molecular weight excluding hydrogens is 437 g/mol. The van der Waals surface area contributed by atoms with Gasteiger partial charge in [0.2, 0.25) is 0 Å². The number of benzene rings is 2. The largest absolute Gasteiger partial charge is 0.346 e. The van der Waals surface area contributed by atoms with E-state index in [1.165, 1.54) is 5.56 Å². The third-order valence-electron chi connectivity index (χ3n) is 5.14. The summed E-state index contributed by atoms with van der Waals surface area (Å²) >= 11 is 17.9. The number of anilines is 1. The number of thiocarbonyl (C=S) groups is 1. The molecule has 1 saturated heterocycles. The molecule has 2 aromatic carbocycles. The molecule has 3 aromatic rings. The van der Waals surface area contributed by atoms with Crippen molar-refractivity contribution in [2.75, 3.05) is 31.5 Å². The third-order valence-corrected chi connectivity index (χ3v) is 6.09. The van der Waals surface area contributed by atoms with Crippen LogP contribution in [0.5, 0.6) is 0 Å². The molecule has 0 saturated carbocycles. The Morgan fingerprint density at radius 1 is 1.00 bits per heavy atom. The van der Waals surface area contributed by atoms with Gasteiger partial charge in [0.1, 0.15) is 0 Å². The normalized spacial score (nSPS) is 14.7. The summed E-state index contributed by atoms with van der Waals surface area (Å²) in [7, 11) is 0. The van der Waals surface area contributed by atoms with Crippen molar-refractivity contribution < 1.29 is 0 Å². The van der Waals surface area contributed by atoms with Crippen molar-refractivity contribution in [3.05, 3.63) is 82.1 Å². The average molecular weight is 460 g/mol. The summed E-state index contributed by atoms with van der Waals surface area (Å²) in [6, 6.07) is 16.0. The van der Waals surface area contributed by atoms with Crippen LogP contribution in [0.3, 0.4) is 0 Å². The van der Waals surface area contributed by atoms with Crippen LogP contribution >= 0.6 is 35.4 Å². The van der Waals surface area contributed by atoms with E-state index >= 15 is 0 Å². The molecule has 0 unspecified atom stereocenters. The van der Waals surface area contributed by atoms with Gasteiger partial charge < -0.3 is 10.2 Å². The van der Waals surface area contributed by atoms with E-state index in [2.05, 4.69) is 32.3 Å². The van der Waals surface area contributed by atoms with Crippen molar-refractivity contribution in [2.24, 2.45) is 0 Å². The Balaban J connectivity index is 1.26. The van der Waals surface area contributed by atoms with Crippen LogP contribution in [0.4, 0.5) is 5.69 Å². The Morgan fingerprint density at radius 2 is 1.77 bits per heavy atom. The topological polar surface area (TPSA) is 36.3 Å². The number of nitrogens with zero attached hydrogens (tertiary/aromatic N) is 4. The Morgan fingerprint density at radius 3 is 2.50 bits per heavy atom. The first-order valence-corrected chi connectivity index (χ1v) is 11.0. The minimum absolute atomic E-state index is 0.664. The van der Waals surface area contributed by atoms with Crippen molar-refractivity contribution in [3.8, 4) is 0 Å². The lowest BCUT2D eigenvalue weighted by molar-refractivity contribution is 0.177. The minimum Gasteiger partial charge on any atom is -0.346 e. The summed E-state index contributed by atoms with van der Waals surface area (Å²) in [6.45, 7) is 5.14. The summed E-state index contributed by atoms with van der Waals surface area (Å²) in [5.74, 6) is 0. The average Bonchev–Trinajstić information content (AvgIpc) is 3.18. The Bertz CT molecular complexity index is 1000. The van der Waals surface area contributed by atoms with Crippen molar-refractivity contribution >= 4 is 46.2 Å². The summed E-state index contributed by atoms with van der Waals surface area (Å²) < 4.78 is 1.91. The first-order chi connectivity index (χ1) is 14.6. The van der Waals surface area contributed by atoms with Gasteiger partial charge in [0, 0.05) is 49.0 Å². The Kier molecular flexibility index (Phi) is 6.89. The van der Waals surface area contributed by atoms with E-state index in [4.69, 9.17) is 35.4 Å². The monoisotopic (exact) mass is 459 g/mol. The zero-order valence-electron chi connectivity index (χ0n) is 16.5. The highest BCUT2D eigenvalue weighted by molar-refractivity contribution is 7.80. The summed E-state index contributed by atoms with van der Waals surface area (Å²) in [4.78, 5) is 4.58. The van der Waals surface area contributed by atoms with Gasteiger partial charge in [-0.3, -0.25) is 9.58 Å². The zero-order chi connectivity index (χ0) is 20.9.